The molecule has 1 aliphatic heterocycles. The van der Waals surface area contributed by atoms with Crippen LogP contribution in [0.15, 0.2) is 49.1 Å². The monoisotopic (exact) mass is 348 g/mol. The molecule has 0 unspecified atom stereocenters. The number of amides is 1. The molecule has 5 nitrogen and oxygen atoms in total. The van der Waals surface area contributed by atoms with Crippen LogP contribution in [0.3, 0.4) is 0 Å². The van der Waals surface area contributed by atoms with Gasteiger partial charge >= 0.3 is 0 Å². The van der Waals surface area contributed by atoms with E-state index in [0.717, 1.165) is 54.5 Å². The van der Waals surface area contributed by atoms with Crippen molar-refractivity contribution in [1.82, 2.24) is 19.4 Å². The molecule has 1 fully saturated rings. The number of aryl methyl sites for hydroxylation is 2. The Balaban J connectivity index is 1.57. The average Bonchev–Trinajstić information content (AvgIpc) is 3.10. The van der Waals surface area contributed by atoms with Crippen LogP contribution in [0.5, 0.6) is 0 Å². The predicted octanol–water partition coefficient (Wildman–Crippen LogP) is 3.82. The Morgan fingerprint density at radius 3 is 3.00 bits per heavy atom. The molecular formula is C21H24N4O. The van der Waals surface area contributed by atoms with Gasteiger partial charge in [0.05, 0.1) is 0 Å². The first-order valence-electron chi connectivity index (χ1n) is 9.35. The first kappa shape index (κ1) is 16.8. The molecule has 5 heteroatoms. The van der Waals surface area contributed by atoms with Crippen LogP contribution in [0.1, 0.15) is 41.9 Å². The van der Waals surface area contributed by atoms with Gasteiger partial charge in [0.1, 0.15) is 5.82 Å². The molecule has 1 atom stereocenters. The average molecular weight is 348 g/mol. The summed E-state index contributed by atoms with van der Waals surface area (Å²) in [6.45, 7) is 3.77. The highest BCUT2D eigenvalue weighted by Gasteiger charge is 2.28. The number of piperidine rings is 1. The molecule has 3 aromatic rings. The quantitative estimate of drug-likeness (QED) is 0.720. The number of pyridine rings is 1. The second kappa shape index (κ2) is 7.28. The van der Waals surface area contributed by atoms with Crippen LogP contribution in [-0.2, 0) is 6.54 Å². The van der Waals surface area contributed by atoms with Crippen molar-refractivity contribution in [2.75, 3.05) is 6.54 Å². The van der Waals surface area contributed by atoms with E-state index < -0.39 is 0 Å². The van der Waals surface area contributed by atoms with Crippen molar-refractivity contribution in [2.45, 2.75) is 45.2 Å². The molecule has 134 valence electrons. The highest BCUT2D eigenvalue weighted by Crippen LogP contribution is 2.26. The fourth-order valence-corrected chi connectivity index (χ4v) is 3.96. The molecule has 1 amide bonds. The summed E-state index contributed by atoms with van der Waals surface area (Å²) in [5, 5.41) is 2.00. The van der Waals surface area contributed by atoms with Gasteiger partial charge in [-0.1, -0.05) is 12.1 Å². The normalized spacial score (nSPS) is 17.6. The second-order valence-electron chi connectivity index (χ2n) is 7.01. The zero-order chi connectivity index (χ0) is 17.9. The molecule has 1 aliphatic rings. The summed E-state index contributed by atoms with van der Waals surface area (Å²) in [6.07, 6.45) is 11.7. The third kappa shape index (κ3) is 3.21. The predicted molar refractivity (Wildman–Crippen MR) is 102 cm³/mol. The lowest BCUT2D eigenvalue weighted by Gasteiger charge is -2.36. The van der Waals surface area contributed by atoms with Crippen LogP contribution in [0, 0.1) is 6.92 Å². The summed E-state index contributed by atoms with van der Waals surface area (Å²) in [7, 11) is 0. The number of carbonyl (C=O) groups is 1. The first-order chi connectivity index (χ1) is 12.7. The van der Waals surface area contributed by atoms with Gasteiger partial charge in [-0.2, -0.15) is 0 Å². The van der Waals surface area contributed by atoms with Crippen LogP contribution in [0.2, 0.25) is 0 Å². The molecule has 0 saturated carbocycles. The molecule has 26 heavy (non-hydrogen) atoms. The molecule has 0 aliphatic carbocycles. The van der Waals surface area contributed by atoms with Gasteiger partial charge < -0.3 is 9.47 Å². The van der Waals surface area contributed by atoms with Gasteiger partial charge in [-0.05, 0) is 50.1 Å². The largest absolute Gasteiger partial charge is 0.336 e. The van der Waals surface area contributed by atoms with E-state index in [-0.39, 0.29) is 11.9 Å². The summed E-state index contributed by atoms with van der Waals surface area (Å²) >= 11 is 0. The summed E-state index contributed by atoms with van der Waals surface area (Å²) in [6, 6.07) is 8.13. The number of hydrogen-bond donors (Lipinski definition) is 0. The zero-order valence-electron chi connectivity index (χ0n) is 15.1. The van der Waals surface area contributed by atoms with E-state index in [1.165, 1.54) is 6.42 Å². The summed E-state index contributed by atoms with van der Waals surface area (Å²) in [5.41, 5.74) is 0.788. The minimum absolute atomic E-state index is 0.147. The van der Waals surface area contributed by atoms with Crippen molar-refractivity contribution < 1.29 is 4.79 Å². The fraction of sp³-hybridized carbons (Fsp3) is 0.381. The molecule has 2 aromatic heterocycles. The number of carbonyl (C=O) groups excluding carboxylic acids is 1. The number of fused-ring (bicyclic) bond motifs is 1. The van der Waals surface area contributed by atoms with Gasteiger partial charge in [-0.15, -0.1) is 0 Å². The van der Waals surface area contributed by atoms with E-state index in [1.807, 2.05) is 49.8 Å². The molecule has 0 N–H and O–H groups in total. The van der Waals surface area contributed by atoms with Crippen LogP contribution < -0.4 is 0 Å². The minimum Gasteiger partial charge on any atom is -0.336 e. The lowest BCUT2D eigenvalue weighted by Crippen LogP contribution is -2.44. The standard InChI is InChI=1S/C21H24N4O/c1-16-23-11-14-24(16)13-9-18-6-2-3-12-25(18)21(26)20-7-4-5-17-15-22-10-8-19(17)20/h4-5,7-8,10-11,14-15,18H,2-3,6,9,12-13H2,1H3/t18-/m0/s1. The van der Waals surface area contributed by atoms with Crippen molar-refractivity contribution in [1.29, 1.82) is 0 Å². The maximum absolute atomic E-state index is 13.3. The van der Waals surface area contributed by atoms with E-state index in [4.69, 9.17) is 0 Å². The van der Waals surface area contributed by atoms with E-state index >= 15 is 0 Å². The maximum Gasteiger partial charge on any atom is 0.254 e. The molecular weight excluding hydrogens is 324 g/mol. The Hall–Kier alpha value is -2.69. The molecule has 3 heterocycles. The Labute approximate surface area is 153 Å². The molecule has 0 spiro atoms. The van der Waals surface area contributed by atoms with Gasteiger partial charge in [0.25, 0.3) is 5.91 Å². The third-order valence-electron chi connectivity index (χ3n) is 5.43. The number of benzene rings is 1. The third-order valence-corrected chi connectivity index (χ3v) is 5.43. The van der Waals surface area contributed by atoms with Gasteiger partial charge in [-0.3, -0.25) is 9.78 Å². The Kier molecular flexibility index (Phi) is 4.69. The van der Waals surface area contributed by atoms with Crippen LogP contribution in [0.25, 0.3) is 10.8 Å². The number of imidazole rings is 1. The maximum atomic E-state index is 13.3. The van der Waals surface area contributed by atoms with Gasteiger partial charge in [-0.25, -0.2) is 4.98 Å². The lowest BCUT2D eigenvalue weighted by molar-refractivity contribution is 0.0597. The first-order valence-corrected chi connectivity index (χ1v) is 9.35. The molecule has 0 radical (unpaired) electrons. The van der Waals surface area contributed by atoms with Gasteiger partial charge in [0.15, 0.2) is 0 Å². The summed E-state index contributed by atoms with van der Waals surface area (Å²) < 4.78 is 2.17. The number of hydrogen-bond acceptors (Lipinski definition) is 3. The molecule has 4 rings (SSSR count). The summed E-state index contributed by atoms with van der Waals surface area (Å²) in [5.74, 6) is 1.18. The Morgan fingerprint density at radius 2 is 2.15 bits per heavy atom. The molecule has 1 aromatic carbocycles. The second-order valence-corrected chi connectivity index (χ2v) is 7.01. The SMILES string of the molecule is Cc1nccn1CC[C@@H]1CCCCN1C(=O)c1cccc2cnccc12. The number of rotatable bonds is 4. The Bertz CT molecular complexity index is 912. The van der Waals surface area contributed by atoms with Crippen LogP contribution in [-0.4, -0.2) is 37.9 Å². The molecule has 0 bridgehead atoms. The van der Waals surface area contributed by atoms with Gasteiger partial charge in [0, 0.05) is 54.9 Å². The van der Waals surface area contributed by atoms with Crippen LogP contribution in [0.4, 0.5) is 0 Å². The van der Waals surface area contributed by atoms with Crippen molar-refractivity contribution in [3.63, 3.8) is 0 Å². The minimum atomic E-state index is 0.147. The fourth-order valence-electron chi connectivity index (χ4n) is 3.96. The van der Waals surface area contributed by atoms with Crippen molar-refractivity contribution in [3.8, 4) is 0 Å². The zero-order valence-corrected chi connectivity index (χ0v) is 15.1. The highest BCUT2D eigenvalue weighted by atomic mass is 16.2. The molecule has 1 saturated heterocycles. The number of aromatic nitrogens is 3. The van der Waals surface area contributed by atoms with E-state index in [0.29, 0.717) is 0 Å². The smallest absolute Gasteiger partial charge is 0.254 e. The Morgan fingerprint density at radius 1 is 1.23 bits per heavy atom. The van der Waals surface area contributed by atoms with Gasteiger partial charge in [0.2, 0.25) is 0 Å². The topological polar surface area (TPSA) is 51.0 Å². The van der Waals surface area contributed by atoms with E-state index in [1.54, 1.807) is 6.20 Å². The van der Waals surface area contributed by atoms with E-state index in [9.17, 15) is 4.79 Å². The number of likely N-dealkylation sites (tertiary alicyclic amines) is 1. The van der Waals surface area contributed by atoms with E-state index in [2.05, 4.69) is 19.4 Å². The lowest BCUT2D eigenvalue weighted by atomic mass is 9.97. The van der Waals surface area contributed by atoms with Crippen LogP contribution >= 0.6 is 0 Å². The van der Waals surface area contributed by atoms with Crippen molar-refractivity contribution in [2.24, 2.45) is 0 Å². The van der Waals surface area contributed by atoms with Crippen molar-refractivity contribution >= 4 is 16.7 Å². The summed E-state index contributed by atoms with van der Waals surface area (Å²) in [4.78, 5) is 23.9. The highest BCUT2D eigenvalue weighted by molar-refractivity contribution is 6.06. The number of nitrogens with zero attached hydrogens (tertiary/aromatic N) is 4. The van der Waals surface area contributed by atoms with Crippen molar-refractivity contribution in [3.05, 3.63) is 60.4 Å².